The van der Waals surface area contributed by atoms with Crippen LogP contribution in [0.3, 0.4) is 0 Å². The largest absolute Gasteiger partial charge is 0.416 e. The molecule has 0 fully saturated rings. The van der Waals surface area contributed by atoms with Gasteiger partial charge in [0.25, 0.3) is 5.91 Å². The normalized spacial score (nSPS) is 11.7. The minimum Gasteiger partial charge on any atom is -0.267 e. The second-order valence-corrected chi connectivity index (χ2v) is 6.76. The van der Waals surface area contributed by atoms with Gasteiger partial charge >= 0.3 is 6.18 Å². The van der Waals surface area contributed by atoms with Crippen LogP contribution in [0.25, 0.3) is 22.2 Å². The van der Waals surface area contributed by atoms with Crippen LogP contribution in [0.15, 0.2) is 90.0 Å². The second-order valence-electron chi connectivity index (χ2n) is 6.76. The highest BCUT2D eigenvalue weighted by Crippen LogP contribution is 2.29. The van der Waals surface area contributed by atoms with Crippen molar-refractivity contribution in [2.45, 2.75) is 6.18 Å². The van der Waals surface area contributed by atoms with E-state index >= 15 is 0 Å². The minimum absolute atomic E-state index is 0.397. The summed E-state index contributed by atoms with van der Waals surface area (Å²) in [6, 6.07) is 23.0. The number of benzene rings is 3. The zero-order valence-corrected chi connectivity index (χ0v) is 16.1. The minimum atomic E-state index is -4.40. The number of para-hydroxylation sites is 1. The maximum Gasteiger partial charge on any atom is 0.416 e. The molecular weight excluding hydrogens is 403 g/mol. The summed E-state index contributed by atoms with van der Waals surface area (Å²) in [7, 11) is 0. The van der Waals surface area contributed by atoms with Gasteiger partial charge in [0.2, 0.25) is 0 Å². The summed E-state index contributed by atoms with van der Waals surface area (Å²) in [4.78, 5) is 17.5. The van der Waals surface area contributed by atoms with E-state index in [1.165, 1.54) is 18.3 Å². The molecule has 4 aromatic rings. The molecule has 0 aliphatic carbocycles. The molecule has 0 spiro atoms. The Hall–Kier alpha value is -4.00. The predicted octanol–water partition coefficient (Wildman–Crippen LogP) is 5.68. The maximum atomic E-state index is 12.8. The number of amides is 1. The smallest absolute Gasteiger partial charge is 0.267 e. The van der Waals surface area contributed by atoms with Crippen molar-refractivity contribution in [3.8, 4) is 11.3 Å². The SMILES string of the molecule is O=C(NN=Cc1ccc(C(F)(F)F)cc1)c1cc(-c2ccccc2)nc2ccccc12. The standard InChI is InChI=1S/C24H16F3N3O/c25-24(26,27)18-12-10-16(11-13-18)15-28-30-23(31)20-14-22(17-6-2-1-3-7-17)29-21-9-5-4-8-19(20)21/h1-15H,(H,30,31). The van der Waals surface area contributed by atoms with E-state index in [0.717, 1.165) is 17.7 Å². The van der Waals surface area contributed by atoms with Gasteiger partial charge in [-0.1, -0.05) is 60.7 Å². The van der Waals surface area contributed by atoms with Crippen LogP contribution in [0.1, 0.15) is 21.5 Å². The van der Waals surface area contributed by atoms with E-state index in [1.54, 1.807) is 12.1 Å². The molecule has 1 N–H and O–H groups in total. The lowest BCUT2D eigenvalue weighted by molar-refractivity contribution is -0.137. The summed E-state index contributed by atoms with van der Waals surface area (Å²) >= 11 is 0. The zero-order valence-electron chi connectivity index (χ0n) is 16.1. The monoisotopic (exact) mass is 419 g/mol. The first-order valence-corrected chi connectivity index (χ1v) is 9.38. The van der Waals surface area contributed by atoms with Gasteiger partial charge < -0.3 is 0 Å². The van der Waals surface area contributed by atoms with Crippen LogP contribution in [-0.2, 0) is 6.18 Å². The summed E-state index contributed by atoms with van der Waals surface area (Å²) in [6.45, 7) is 0. The zero-order chi connectivity index (χ0) is 21.8. The van der Waals surface area contributed by atoms with Crippen LogP contribution in [0.4, 0.5) is 13.2 Å². The fourth-order valence-corrected chi connectivity index (χ4v) is 3.10. The number of aromatic nitrogens is 1. The van der Waals surface area contributed by atoms with Crippen molar-refractivity contribution < 1.29 is 18.0 Å². The number of nitrogens with one attached hydrogen (secondary N) is 1. The van der Waals surface area contributed by atoms with Crippen molar-refractivity contribution >= 4 is 23.0 Å². The number of hydrogen-bond acceptors (Lipinski definition) is 3. The van der Waals surface area contributed by atoms with Crippen LogP contribution < -0.4 is 5.43 Å². The quantitative estimate of drug-likeness (QED) is 0.342. The van der Waals surface area contributed by atoms with E-state index in [1.807, 2.05) is 48.5 Å². The fourth-order valence-electron chi connectivity index (χ4n) is 3.10. The number of pyridine rings is 1. The number of carbonyl (C=O) groups excluding carboxylic acids is 1. The van der Waals surface area contributed by atoms with E-state index in [9.17, 15) is 18.0 Å². The van der Waals surface area contributed by atoms with Crippen LogP contribution in [0.5, 0.6) is 0 Å². The first-order valence-electron chi connectivity index (χ1n) is 9.38. The van der Waals surface area contributed by atoms with Gasteiger partial charge in [-0.3, -0.25) is 4.79 Å². The Balaban J connectivity index is 1.59. The lowest BCUT2D eigenvalue weighted by atomic mass is 10.0. The summed E-state index contributed by atoms with van der Waals surface area (Å²) in [6.07, 6.45) is -3.11. The Kier molecular flexibility index (Phi) is 5.49. The van der Waals surface area contributed by atoms with E-state index in [4.69, 9.17) is 0 Å². The number of halogens is 3. The van der Waals surface area contributed by atoms with Crippen LogP contribution in [0.2, 0.25) is 0 Å². The molecule has 4 rings (SSSR count). The number of rotatable bonds is 4. The van der Waals surface area contributed by atoms with E-state index in [-0.39, 0.29) is 0 Å². The van der Waals surface area contributed by atoms with Gasteiger partial charge in [0.15, 0.2) is 0 Å². The molecule has 1 heterocycles. The van der Waals surface area contributed by atoms with Crippen molar-refractivity contribution in [1.29, 1.82) is 0 Å². The first-order chi connectivity index (χ1) is 14.9. The van der Waals surface area contributed by atoms with Crippen LogP contribution >= 0.6 is 0 Å². The third-order valence-corrected chi connectivity index (χ3v) is 4.65. The number of alkyl halides is 3. The van der Waals surface area contributed by atoms with Crippen LogP contribution in [-0.4, -0.2) is 17.1 Å². The van der Waals surface area contributed by atoms with Crippen molar-refractivity contribution in [1.82, 2.24) is 10.4 Å². The Bertz CT molecular complexity index is 1250. The molecule has 0 aliphatic rings. The van der Waals surface area contributed by atoms with Crippen molar-refractivity contribution in [2.24, 2.45) is 5.10 Å². The van der Waals surface area contributed by atoms with E-state index in [0.29, 0.717) is 27.7 Å². The second kappa shape index (κ2) is 8.39. The highest BCUT2D eigenvalue weighted by Gasteiger charge is 2.29. The van der Waals surface area contributed by atoms with Gasteiger partial charge in [0.05, 0.1) is 28.6 Å². The molecule has 31 heavy (non-hydrogen) atoms. The molecule has 1 aromatic heterocycles. The van der Waals surface area contributed by atoms with E-state index < -0.39 is 17.6 Å². The summed E-state index contributed by atoms with van der Waals surface area (Å²) < 4.78 is 38.0. The summed E-state index contributed by atoms with van der Waals surface area (Å²) in [5.41, 5.74) is 4.71. The van der Waals surface area contributed by atoms with Crippen molar-refractivity contribution in [3.63, 3.8) is 0 Å². The average Bonchev–Trinajstić information content (AvgIpc) is 2.78. The third-order valence-electron chi connectivity index (χ3n) is 4.65. The molecule has 154 valence electrons. The molecule has 0 unspecified atom stereocenters. The topological polar surface area (TPSA) is 54.4 Å². The molecule has 0 radical (unpaired) electrons. The Morgan fingerprint density at radius 2 is 1.58 bits per heavy atom. The molecule has 0 bridgehead atoms. The lowest BCUT2D eigenvalue weighted by Crippen LogP contribution is -2.18. The van der Waals surface area contributed by atoms with E-state index in [2.05, 4.69) is 15.5 Å². The Morgan fingerprint density at radius 3 is 2.29 bits per heavy atom. The highest BCUT2D eigenvalue weighted by molar-refractivity contribution is 6.07. The van der Waals surface area contributed by atoms with Crippen LogP contribution in [0, 0.1) is 0 Å². The molecule has 7 heteroatoms. The number of carbonyl (C=O) groups is 1. The molecule has 0 aliphatic heterocycles. The van der Waals surface area contributed by atoms with Crippen molar-refractivity contribution in [3.05, 3.63) is 102 Å². The Morgan fingerprint density at radius 1 is 0.903 bits per heavy atom. The summed E-state index contributed by atoms with van der Waals surface area (Å²) in [5, 5.41) is 4.56. The molecule has 1 amide bonds. The molecule has 0 saturated carbocycles. The Labute approximate surface area is 176 Å². The number of hydrogen-bond donors (Lipinski definition) is 1. The van der Waals surface area contributed by atoms with Gasteiger partial charge in [-0.2, -0.15) is 18.3 Å². The average molecular weight is 419 g/mol. The molecular formula is C24H16F3N3O. The number of fused-ring (bicyclic) bond motifs is 1. The molecule has 3 aromatic carbocycles. The number of nitrogens with zero attached hydrogens (tertiary/aromatic N) is 2. The lowest BCUT2D eigenvalue weighted by Gasteiger charge is -2.09. The predicted molar refractivity (Wildman–Crippen MR) is 114 cm³/mol. The number of hydrazone groups is 1. The molecule has 0 atom stereocenters. The van der Waals surface area contributed by atoms with Gasteiger partial charge in [-0.05, 0) is 29.8 Å². The van der Waals surface area contributed by atoms with Gasteiger partial charge in [-0.25, -0.2) is 10.4 Å². The molecule has 4 nitrogen and oxygen atoms in total. The first kappa shape index (κ1) is 20.3. The van der Waals surface area contributed by atoms with Gasteiger partial charge in [0.1, 0.15) is 0 Å². The maximum absolute atomic E-state index is 12.8. The van der Waals surface area contributed by atoms with Crippen molar-refractivity contribution in [2.75, 3.05) is 0 Å². The highest BCUT2D eigenvalue weighted by atomic mass is 19.4. The molecule has 0 saturated heterocycles. The third kappa shape index (κ3) is 4.61. The summed E-state index contributed by atoms with van der Waals surface area (Å²) in [5.74, 6) is -0.445. The van der Waals surface area contributed by atoms with Gasteiger partial charge in [0, 0.05) is 10.9 Å². The van der Waals surface area contributed by atoms with Gasteiger partial charge in [-0.15, -0.1) is 0 Å². The fraction of sp³-hybridized carbons (Fsp3) is 0.0417.